The van der Waals surface area contributed by atoms with E-state index in [0.29, 0.717) is 22.8 Å². The molecular weight excluding hydrogens is 236 g/mol. The first-order valence-corrected chi connectivity index (χ1v) is 6.00. The predicted molar refractivity (Wildman–Crippen MR) is 73.2 cm³/mol. The summed E-state index contributed by atoms with van der Waals surface area (Å²) in [5.74, 6) is 0.000707. The number of hydrogen-bond acceptors (Lipinski definition) is 2. The van der Waals surface area contributed by atoms with Crippen molar-refractivity contribution in [3.63, 3.8) is 0 Å². The third kappa shape index (κ3) is 5.09. The minimum Gasteiger partial charge on any atom is -0.398 e. The number of carbonyl (C=O) groups excluding carboxylic acids is 1. The topological polar surface area (TPSA) is 55.1 Å². The molecule has 1 aromatic rings. The van der Waals surface area contributed by atoms with Crippen LogP contribution in [0.4, 0.5) is 11.4 Å². The molecule has 0 aliphatic heterocycles. The lowest BCUT2D eigenvalue weighted by atomic mass is 9.90. The smallest absolute Gasteiger partial charge is 0.224 e. The standard InChI is InChI=1S/C13H19ClN2O/c1-13(2,3)7-6-12(17)16-9-4-5-11(15)10(14)8-9/h4-5,8H,6-7,15H2,1-3H3,(H,16,17). The van der Waals surface area contributed by atoms with Gasteiger partial charge in [0.05, 0.1) is 10.7 Å². The Kier molecular flexibility index (Phi) is 4.40. The zero-order valence-electron chi connectivity index (χ0n) is 10.5. The number of halogens is 1. The van der Waals surface area contributed by atoms with E-state index in [9.17, 15) is 4.79 Å². The van der Waals surface area contributed by atoms with Crippen LogP contribution in [-0.4, -0.2) is 5.91 Å². The minimum atomic E-state index is 0.000707. The Morgan fingerprint density at radius 2 is 2.06 bits per heavy atom. The predicted octanol–water partition coefficient (Wildman–Crippen LogP) is 3.69. The Morgan fingerprint density at radius 1 is 1.41 bits per heavy atom. The van der Waals surface area contributed by atoms with Gasteiger partial charge in [-0.05, 0) is 30.0 Å². The van der Waals surface area contributed by atoms with Crippen molar-refractivity contribution in [2.24, 2.45) is 5.41 Å². The first-order valence-electron chi connectivity index (χ1n) is 5.63. The second kappa shape index (κ2) is 5.41. The number of carbonyl (C=O) groups is 1. The van der Waals surface area contributed by atoms with Gasteiger partial charge in [0.25, 0.3) is 0 Å². The van der Waals surface area contributed by atoms with Crippen molar-refractivity contribution in [1.29, 1.82) is 0 Å². The summed E-state index contributed by atoms with van der Waals surface area (Å²) in [6.45, 7) is 6.33. The highest BCUT2D eigenvalue weighted by molar-refractivity contribution is 6.33. The normalized spacial score (nSPS) is 11.3. The lowest BCUT2D eigenvalue weighted by Gasteiger charge is -2.17. The van der Waals surface area contributed by atoms with Gasteiger partial charge in [0.15, 0.2) is 0 Å². The van der Waals surface area contributed by atoms with E-state index >= 15 is 0 Å². The number of rotatable bonds is 3. The Hall–Kier alpha value is -1.22. The van der Waals surface area contributed by atoms with Gasteiger partial charge in [0.1, 0.15) is 0 Å². The van der Waals surface area contributed by atoms with Crippen LogP contribution in [0.25, 0.3) is 0 Å². The molecule has 3 N–H and O–H groups in total. The third-order valence-corrected chi connectivity index (χ3v) is 2.71. The van der Waals surface area contributed by atoms with Gasteiger partial charge < -0.3 is 11.1 Å². The first kappa shape index (κ1) is 13.8. The highest BCUT2D eigenvalue weighted by atomic mass is 35.5. The van der Waals surface area contributed by atoms with E-state index in [1.54, 1.807) is 18.2 Å². The Morgan fingerprint density at radius 3 is 2.59 bits per heavy atom. The van der Waals surface area contributed by atoms with Crippen molar-refractivity contribution in [3.05, 3.63) is 23.2 Å². The van der Waals surface area contributed by atoms with Crippen molar-refractivity contribution >= 4 is 28.9 Å². The van der Waals surface area contributed by atoms with E-state index in [2.05, 4.69) is 26.1 Å². The molecule has 0 bridgehead atoms. The quantitative estimate of drug-likeness (QED) is 0.809. The second-order valence-corrected chi connectivity index (χ2v) is 5.75. The number of nitrogen functional groups attached to an aromatic ring is 1. The van der Waals surface area contributed by atoms with Crippen LogP contribution < -0.4 is 11.1 Å². The van der Waals surface area contributed by atoms with Crippen molar-refractivity contribution in [3.8, 4) is 0 Å². The largest absolute Gasteiger partial charge is 0.398 e. The van der Waals surface area contributed by atoms with Gasteiger partial charge in [-0.3, -0.25) is 4.79 Å². The molecule has 0 atom stereocenters. The lowest BCUT2D eigenvalue weighted by Crippen LogP contribution is -2.15. The van der Waals surface area contributed by atoms with Gasteiger partial charge in [-0.1, -0.05) is 32.4 Å². The van der Waals surface area contributed by atoms with Crippen LogP contribution in [0.2, 0.25) is 5.02 Å². The second-order valence-electron chi connectivity index (χ2n) is 5.35. The number of anilines is 2. The highest BCUT2D eigenvalue weighted by Crippen LogP contribution is 2.24. The van der Waals surface area contributed by atoms with Crippen molar-refractivity contribution < 1.29 is 4.79 Å². The molecule has 0 fully saturated rings. The zero-order valence-corrected chi connectivity index (χ0v) is 11.3. The summed E-state index contributed by atoms with van der Waals surface area (Å²) in [6, 6.07) is 5.09. The first-order chi connectivity index (χ1) is 7.78. The van der Waals surface area contributed by atoms with Gasteiger partial charge in [0, 0.05) is 12.1 Å². The van der Waals surface area contributed by atoms with E-state index in [1.807, 2.05) is 0 Å². The maximum absolute atomic E-state index is 11.7. The van der Waals surface area contributed by atoms with Gasteiger partial charge in [-0.25, -0.2) is 0 Å². The molecule has 0 radical (unpaired) electrons. The molecule has 3 nitrogen and oxygen atoms in total. The average molecular weight is 255 g/mol. The summed E-state index contributed by atoms with van der Waals surface area (Å²) in [4.78, 5) is 11.7. The molecule has 0 aliphatic rings. The molecule has 0 spiro atoms. The van der Waals surface area contributed by atoms with Gasteiger partial charge in [0.2, 0.25) is 5.91 Å². The minimum absolute atomic E-state index is 0.000707. The molecule has 0 unspecified atom stereocenters. The number of nitrogens with one attached hydrogen (secondary N) is 1. The van der Waals surface area contributed by atoms with E-state index in [0.717, 1.165) is 6.42 Å². The van der Waals surface area contributed by atoms with Gasteiger partial charge in [-0.2, -0.15) is 0 Å². The van der Waals surface area contributed by atoms with Crippen LogP contribution in [0.5, 0.6) is 0 Å². The molecule has 4 heteroatoms. The third-order valence-electron chi connectivity index (χ3n) is 2.39. The van der Waals surface area contributed by atoms with Crippen molar-refractivity contribution in [2.45, 2.75) is 33.6 Å². The van der Waals surface area contributed by atoms with Gasteiger partial charge in [-0.15, -0.1) is 0 Å². The molecule has 0 saturated carbocycles. The Balaban J connectivity index is 2.54. The highest BCUT2D eigenvalue weighted by Gasteiger charge is 2.13. The summed E-state index contributed by atoms with van der Waals surface area (Å²) in [6.07, 6.45) is 1.35. The average Bonchev–Trinajstić information content (AvgIpc) is 2.20. The van der Waals surface area contributed by atoms with Crippen LogP contribution in [-0.2, 0) is 4.79 Å². The Bertz CT molecular complexity index is 410. The molecule has 0 aliphatic carbocycles. The summed E-state index contributed by atoms with van der Waals surface area (Å²) in [7, 11) is 0. The SMILES string of the molecule is CC(C)(C)CCC(=O)Nc1ccc(N)c(Cl)c1. The van der Waals surface area contributed by atoms with Crippen LogP contribution in [0.3, 0.4) is 0 Å². The molecule has 0 heterocycles. The fraction of sp³-hybridized carbons (Fsp3) is 0.462. The van der Waals surface area contributed by atoms with Crippen LogP contribution in [0.1, 0.15) is 33.6 Å². The van der Waals surface area contributed by atoms with E-state index in [1.165, 1.54) is 0 Å². The number of nitrogens with two attached hydrogens (primary N) is 1. The molecule has 0 saturated heterocycles. The molecule has 94 valence electrons. The van der Waals surface area contributed by atoms with Crippen LogP contribution >= 0.6 is 11.6 Å². The number of benzene rings is 1. The van der Waals surface area contributed by atoms with Gasteiger partial charge >= 0.3 is 0 Å². The summed E-state index contributed by atoms with van der Waals surface area (Å²) in [5, 5.41) is 3.26. The summed E-state index contributed by atoms with van der Waals surface area (Å²) in [5.41, 5.74) is 6.95. The van der Waals surface area contributed by atoms with E-state index < -0.39 is 0 Å². The summed E-state index contributed by atoms with van der Waals surface area (Å²) >= 11 is 5.87. The maximum Gasteiger partial charge on any atom is 0.224 e. The van der Waals surface area contributed by atoms with E-state index in [4.69, 9.17) is 17.3 Å². The van der Waals surface area contributed by atoms with Crippen molar-refractivity contribution in [1.82, 2.24) is 0 Å². The molecule has 1 aromatic carbocycles. The lowest BCUT2D eigenvalue weighted by molar-refractivity contribution is -0.116. The summed E-state index contributed by atoms with van der Waals surface area (Å²) < 4.78 is 0. The number of hydrogen-bond donors (Lipinski definition) is 2. The Labute approximate surface area is 107 Å². The van der Waals surface area contributed by atoms with Crippen LogP contribution in [0, 0.1) is 5.41 Å². The molecule has 1 rings (SSSR count). The zero-order chi connectivity index (χ0) is 13.1. The van der Waals surface area contributed by atoms with Crippen molar-refractivity contribution in [2.75, 3.05) is 11.1 Å². The monoisotopic (exact) mass is 254 g/mol. The molecular formula is C13H19ClN2O. The molecule has 17 heavy (non-hydrogen) atoms. The fourth-order valence-corrected chi connectivity index (χ4v) is 1.50. The fourth-order valence-electron chi connectivity index (χ4n) is 1.32. The van der Waals surface area contributed by atoms with Crippen LogP contribution in [0.15, 0.2) is 18.2 Å². The molecule has 0 aromatic heterocycles. The number of amides is 1. The van der Waals surface area contributed by atoms with E-state index in [-0.39, 0.29) is 11.3 Å². The maximum atomic E-state index is 11.7. The molecule has 1 amide bonds.